The van der Waals surface area contributed by atoms with Gasteiger partial charge in [0.05, 0.1) is 0 Å². The number of allylic oxidation sites excluding steroid dienone is 2. The topological polar surface area (TPSA) is 66.4 Å². The molecule has 0 aromatic heterocycles. The van der Waals surface area contributed by atoms with E-state index in [1.807, 2.05) is 0 Å². The molecule has 2 rings (SSSR count). The van der Waals surface area contributed by atoms with E-state index in [0.29, 0.717) is 18.3 Å². The molecule has 118 valence electrons. The standard InChI is InChI=1S/C17H27NO3/c19-16(6-4-2-1-3-5-7-17(20)21)18-12-15-11-13-8-9-14(15)10-13/h8-9,13-15H,1-7,10-12H2,(H,18,19)(H,20,21). The van der Waals surface area contributed by atoms with Crippen LogP contribution in [0.15, 0.2) is 12.2 Å². The van der Waals surface area contributed by atoms with E-state index in [0.717, 1.165) is 44.6 Å². The van der Waals surface area contributed by atoms with Crippen LogP contribution in [0.4, 0.5) is 0 Å². The first-order valence-electron chi connectivity index (χ1n) is 8.32. The van der Waals surface area contributed by atoms with Crippen molar-refractivity contribution in [2.75, 3.05) is 6.54 Å². The van der Waals surface area contributed by atoms with E-state index in [-0.39, 0.29) is 12.3 Å². The molecular formula is C17H27NO3. The Morgan fingerprint density at radius 3 is 2.33 bits per heavy atom. The summed E-state index contributed by atoms with van der Waals surface area (Å²) in [5, 5.41) is 11.6. The fourth-order valence-corrected chi connectivity index (χ4v) is 3.55. The fraction of sp³-hybridized carbons (Fsp3) is 0.765. The predicted molar refractivity (Wildman–Crippen MR) is 81.8 cm³/mol. The Bertz CT molecular complexity index is 391. The predicted octanol–water partition coefficient (Wildman–Crippen LogP) is 3.13. The van der Waals surface area contributed by atoms with Gasteiger partial charge in [-0.1, -0.05) is 31.4 Å². The summed E-state index contributed by atoms with van der Waals surface area (Å²) in [6, 6.07) is 0. The highest BCUT2D eigenvalue weighted by Gasteiger charge is 2.35. The summed E-state index contributed by atoms with van der Waals surface area (Å²) in [7, 11) is 0. The average Bonchev–Trinajstić information content (AvgIpc) is 3.06. The van der Waals surface area contributed by atoms with Crippen LogP contribution in [0.1, 0.15) is 57.8 Å². The molecule has 4 nitrogen and oxygen atoms in total. The second kappa shape index (κ2) is 8.20. The van der Waals surface area contributed by atoms with Gasteiger partial charge in [-0.05, 0) is 43.4 Å². The quantitative estimate of drug-likeness (QED) is 0.480. The molecule has 0 radical (unpaired) electrons. The van der Waals surface area contributed by atoms with Crippen molar-refractivity contribution in [2.45, 2.75) is 57.8 Å². The Kier molecular flexibility index (Phi) is 6.27. The third-order valence-electron chi connectivity index (χ3n) is 4.77. The molecule has 3 unspecified atom stereocenters. The zero-order valence-corrected chi connectivity index (χ0v) is 12.7. The fourth-order valence-electron chi connectivity index (χ4n) is 3.55. The summed E-state index contributed by atoms with van der Waals surface area (Å²) in [4.78, 5) is 22.1. The smallest absolute Gasteiger partial charge is 0.303 e. The first-order chi connectivity index (χ1) is 10.1. The lowest BCUT2D eigenvalue weighted by molar-refractivity contribution is -0.137. The van der Waals surface area contributed by atoms with Crippen molar-refractivity contribution >= 4 is 11.9 Å². The van der Waals surface area contributed by atoms with E-state index in [2.05, 4.69) is 17.5 Å². The van der Waals surface area contributed by atoms with Crippen LogP contribution in [0.3, 0.4) is 0 Å². The molecule has 2 aliphatic rings. The molecule has 2 N–H and O–H groups in total. The van der Waals surface area contributed by atoms with Gasteiger partial charge in [0.2, 0.25) is 5.91 Å². The number of carboxylic acid groups (broad SMARTS) is 1. The van der Waals surface area contributed by atoms with Crippen LogP contribution in [-0.4, -0.2) is 23.5 Å². The van der Waals surface area contributed by atoms with Gasteiger partial charge >= 0.3 is 5.97 Å². The van der Waals surface area contributed by atoms with Gasteiger partial charge in [-0.15, -0.1) is 0 Å². The summed E-state index contributed by atoms with van der Waals surface area (Å²) in [5.41, 5.74) is 0. The SMILES string of the molecule is O=C(O)CCCCCCCC(=O)NCC1CC2C=CC1C2. The largest absolute Gasteiger partial charge is 0.481 e. The van der Waals surface area contributed by atoms with Crippen molar-refractivity contribution in [3.05, 3.63) is 12.2 Å². The second-order valence-electron chi connectivity index (χ2n) is 6.51. The number of rotatable bonds is 10. The third kappa shape index (κ3) is 5.52. The molecule has 4 heteroatoms. The highest BCUT2D eigenvalue weighted by Crippen LogP contribution is 2.42. The first-order valence-corrected chi connectivity index (χ1v) is 8.32. The van der Waals surface area contributed by atoms with E-state index in [1.165, 1.54) is 12.8 Å². The molecular weight excluding hydrogens is 266 g/mol. The molecule has 3 atom stereocenters. The Hall–Kier alpha value is -1.32. The van der Waals surface area contributed by atoms with E-state index >= 15 is 0 Å². The Morgan fingerprint density at radius 2 is 1.71 bits per heavy atom. The number of hydrogen-bond donors (Lipinski definition) is 2. The first kappa shape index (κ1) is 16.1. The number of unbranched alkanes of at least 4 members (excludes halogenated alkanes) is 4. The number of carboxylic acids is 1. The molecule has 2 bridgehead atoms. The average molecular weight is 293 g/mol. The maximum atomic E-state index is 11.8. The summed E-state index contributed by atoms with van der Waals surface area (Å²) < 4.78 is 0. The number of fused-ring (bicyclic) bond motifs is 2. The summed E-state index contributed by atoms with van der Waals surface area (Å²) in [6.45, 7) is 0.836. The maximum Gasteiger partial charge on any atom is 0.303 e. The lowest BCUT2D eigenvalue weighted by atomic mass is 9.93. The van der Waals surface area contributed by atoms with Gasteiger partial charge in [0, 0.05) is 19.4 Å². The van der Waals surface area contributed by atoms with E-state index < -0.39 is 5.97 Å². The number of hydrogen-bond acceptors (Lipinski definition) is 2. The molecule has 0 aliphatic heterocycles. The minimum atomic E-state index is -0.718. The van der Waals surface area contributed by atoms with Crippen LogP contribution in [0.2, 0.25) is 0 Å². The van der Waals surface area contributed by atoms with Gasteiger partial charge in [-0.2, -0.15) is 0 Å². The monoisotopic (exact) mass is 293 g/mol. The van der Waals surface area contributed by atoms with Gasteiger partial charge < -0.3 is 10.4 Å². The minimum absolute atomic E-state index is 0.173. The number of carbonyl (C=O) groups excluding carboxylic acids is 1. The van der Waals surface area contributed by atoms with E-state index in [9.17, 15) is 9.59 Å². The summed E-state index contributed by atoms with van der Waals surface area (Å²) >= 11 is 0. The van der Waals surface area contributed by atoms with Gasteiger partial charge in [0.15, 0.2) is 0 Å². The van der Waals surface area contributed by atoms with Gasteiger partial charge in [0.25, 0.3) is 0 Å². The number of aliphatic carboxylic acids is 1. The lowest BCUT2D eigenvalue weighted by Gasteiger charge is -2.18. The highest BCUT2D eigenvalue weighted by molar-refractivity contribution is 5.75. The van der Waals surface area contributed by atoms with E-state index in [1.54, 1.807) is 0 Å². The molecule has 0 heterocycles. The van der Waals surface area contributed by atoms with Crippen molar-refractivity contribution in [1.29, 1.82) is 0 Å². The van der Waals surface area contributed by atoms with Gasteiger partial charge in [-0.3, -0.25) is 9.59 Å². The van der Waals surface area contributed by atoms with Crippen molar-refractivity contribution < 1.29 is 14.7 Å². The zero-order chi connectivity index (χ0) is 15.1. The molecule has 2 aliphatic carbocycles. The van der Waals surface area contributed by atoms with Crippen LogP contribution in [0.5, 0.6) is 0 Å². The molecule has 21 heavy (non-hydrogen) atoms. The second-order valence-corrected chi connectivity index (χ2v) is 6.51. The number of nitrogens with one attached hydrogen (secondary N) is 1. The van der Waals surface area contributed by atoms with E-state index in [4.69, 9.17) is 5.11 Å². The third-order valence-corrected chi connectivity index (χ3v) is 4.77. The molecule has 0 saturated heterocycles. The Balaban J connectivity index is 1.43. The number of amides is 1. The van der Waals surface area contributed by atoms with Gasteiger partial charge in [0.1, 0.15) is 0 Å². The van der Waals surface area contributed by atoms with Crippen molar-refractivity contribution in [3.8, 4) is 0 Å². The molecule has 1 saturated carbocycles. The Labute approximate surface area is 127 Å². The van der Waals surface area contributed by atoms with Crippen LogP contribution in [-0.2, 0) is 9.59 Å². The molecule has 0 aromatic carbocycles. The van der Waals surface area contributed by atoms with Crippen LogP contribution in [0.25, 0.3) is 0 Å². The van der Waals surface area contributed by atoms with Crippen molar-refractivity contribution in [1.82, 2.24) is 5.32 Å². The molecule has 1 amide bonds. The van der Waals surface area contributed by atoms with Crippen molar-refractivity contribution in [3.63, 3.8) is 0 Å². The number of carbonyl (C=O) groups is 2. The summed E-state index contributed by atoms with van der Waals surface area (Å²) in [5.74, 6) is 1.57. The maximum absolute atomic E-state index is 11.8. The molecule has 0 aromatic rings. The van der Waals surface area contributed by atoms with Crippen LogP contribution < -0.4 is 5.32 Å². The van der Waals surface area contributed by atoms with Crippen LogP contribution >= 0.6 is 0 Å². The summed E-state index contributed by atoms with van der Waals surface area (Å²) in [6.07, 6.45) is 12.7. The highest BCUT2D eigenvalue weighted by atomic mass is 16.4. The van der Waals surface area contributed by atoms with Crippen molar-refractivity contribution in [2.24, 2.45) is 17.8 Å². The molecule has 0 spiro atoms. The molecule has 1 fully saturated rings. The normalized spacial score (nSPS) is 26.2. The zero-order valence-electron chi connectivity index (χ0n) is 12.7. The van der Waals surface area contributed by atoms with Gasteiger partial charge in [-0.25, -0.2) is 0 Å². The van der Waals surface area contributed by atoms with Crippen LogP contribution in [0, 0.1) is 17.8 Å². The lowest BCUT2D eigenvalue weighted by Crippen LogP contribution is -2.30. The minimum Gasteiger partial charge on any atom is -0.481 e. The Morgan fingerprint density at radius 1 is 1.00 bits per heavy atom.